The maximum absolute atomic E-state index is 11.6. The van der Waals surface area contributed by atoms with Crippen LogP contribution >= 0.6 is 0 Å². The predicted octanol–water partition coefficient (Wildman–Crippen LogP) is 2.62. The van der Waals surface area contributed by atoms with Crippen molar-refractivity contribution in [1.82, 2.24) is 4.57 Å². The number of hydrogen-bond donors (Lipinski definition) is 0. The topological polar surface area (TPSA) is 48.3 Å². The molecule has 0 spiro atoms. The minimum absolute atomic E-state index is 0.318. The lowest BCUT2D eigenvalue weighted by atomic mass is 10.5. The van der Waals surface area contributed by atoms with Crippen LogP contribution in [0.25, 0.3) is 0 Å². The van der Waals surface area contributed by atoms with Crippen LogP contribution in [-0.4, -0.2) is 31.6 Å². The summed E-state index contributed by atoms with van der Waals surface area (Å²) >= 11 is 0. The number of carbonyl (C=O) groups is 2. The van der Waals surface area contributed by atoms with Gasteiger partial charge >= 0.3 is 6.09 Å². The van der Waals surface area contributed by atoms with Crippen LogP contribution in [0.4, 0.5) is 4.79 Å². The Morgan fingerprint density at radius 1 is 1.50 bits per heavy atom. The molecule has 1 aromatic heterocycles. The van der Waals surface area contributed by atoms with Crippen molar-refractivity contribution < 1.29 is 14.3 Å². The maximum atomic E-state index is 11.6. The van der Waals surface area contributed by atoms with Gasteiger partial charge in [0.25, 0.3) is 0 Å². The van der Waals surface area contributed by atoms with Gasteiger partial charge < -0.3 is 4.74 Å². The number of ether oxygens (including phenoxy) is 1. The molecule has 88 valence electrons. The zero-order valence-electron chi connectivity index (χ0n) is 9.90. The van der Waals surface area contributed by atoms with Gasteiger partial charge in [-0.25, -0.2) is 9.36 Å². The SMILES string of the molecule is C[Si](C)(C)CCOC(=O)n1cccc1C=O. The fraction of sp³-hybridized carbons (Fsp3) is 0.455. The molecule has 0 aliphatic carbocycles. The molecule has 4 nitrogen and oxygen atoms in total. The molecule has 0 aliphatic heterocycles. The number of hydrogen-bond acceptors (Lipinski definition) is 3. The predicted molar refractivity (Wildman–Crippen MR) is 64.7 cm³/mol. The van der Waals surface area contributed by atoms with Crippen LogP contribution in [0, 0.1) is 0 Å². The standard InChI is InChI=1S/C11H17NO3Si/c1-16(2,3)8-7-15-11(14)12-6-4-5-10(12)9-13/h4-6,9H,7-8H2,1-3H3. The number of rotatable bonds is 4. The quantitative estimate of drug-likeness (QED) is 0.599. The van der Waals surface area contributed by atoms with Gasteiger partial charge in [0.15, 0.2) is 6.29 Å². The minimum atomic E-state index is -1.19. The second-order valence-electron chi connectivity index (χ2n) is 4.85. The molecule has 1 rings (SSSR count). The van der Waals surface area contributed by atoms with Crippen LogP contribution in [0.1, 0.15) is 10.5 Å². The number of nitrogens with zero attached hydrogens (tertiary/aromatic N) is 1. The molecule has 0 bridgehead atoms. The van der Waals surface area contributed by atoms with E-state index >= 15 is 0 Å². The van der Waals surface area contributed by atoms with E-state index in [1.165, 1.54) is 10.8 Å². The summed E-state index contributed by atoms with van der Waals surface area (Å²) in [5.74, 6) is 0. The monoisotopic (exact) mass is 239 g/mol. The number of carbonyl (C=O) groups excluding carboxylic acids is 2. The first kappa shape index (κ1) is 12.7. The van der Waals surface area contributed by atoms with E-state index in [0.717, 1.165) is 6.04 Å². The van der Waals surface area contributed by atoms with E-state index in [0.29, 0.717) is 18.6 Å². The Hall–Kier alpha value is -1.36. The van der Waals surface area contributed by atoms with Crippen molar-refractivity contribution in [2.45, 2.75) is 25.7 Å². The summed E-state index contributed by atoms with van der Waals surface area (Å²) in [6, 6.07) is 4.15. The highest BCUT2D eigenvalue weighted by atomic mass is 28.3. The van der Waals surface area contributed by atoms with Gasteiger partial charge in [-0.1, -0.05) is 19.6 Å². The molecule has 0 atom stereocenters. The Kier molecular flexibility index (Phi) is 4.06. The summed E-state index contributed by atoms with van der Waals surface area (Å²) in [5, 5.41) is 0. The zero-order chi connectivity index (χ0) is 12.2. The van der Waals surface area contributed by atoms with E-state index in [2.05, 4.69) is 19.6 Å². The Bertz CT molecular complexity index is 379. The van der Waals surface area contributed by atoms with Gasteiger partial charge in [0.1, 0.15) is 0 Å². The van der Waals surface area contributed by atoms with Crippen LogP contribution in [0.3, 0.4) is 0 Å². The highest BCUT2D eigenvalue weighted by Crippen LogP contribution is 2.08. The van der Waals surface area contributed by atoms with Gasteiger partial charge in [-0.05, 0) is 18.2 Å². The molecule has 0 fully saturated rings. The summed E-state index contributed by atoms with van der Waals surface area (Å²) in [7, 11) is -1.19. The number of aromatic nitrogens is 1. The lowest BCUT2D eigenvalue weighted by molar-refractivity contribution is 0.110. The molecule has 0 aromatic carbocycles. The molecule has 0 N–H and O–H groups in total. The van der Waals surface area contributed by atoms with Crippen molar-refractivity contribution in [2.75, 3.05) is 6.61 Å². The average molecular weight is 239 g/mol. The molecular weight excluding hydrogens is 222 g/mol. The number of aldehydes is 1. The van der Waals surface area contributed by atoms with Gasteiger partial charge in [0.05, 0.1) is 12.3 Å². The molecule has 0 unspecified atom stereocenters. The molecular formula is C11H17NO3Si. The largest absolute Gasteiger partial charge is 0.449 e. The Labute approximate surface area is 96.2 Å². The second kappa shape index (κ2) is 5.11. The summed E-state index contributed by atoms with van der Waals surface area (Å²) < 4.78 is 6.32. The summed E-state index contributed by atoms with van der Waals surface area (Å²) in [5.41, 5.74) is 0.318. The molecule has 1 heterocycles. The normalized spacial score (nSPS) is 11.2. The highest BCUT2D eigenvalue weighted by Gasteiger charge is 2.15. The van der Waals surface area contributed by atoms with Crippen molar-refractivity contribution in [3.8, 4) is 0 Å². The van der Waals surface area contributed by atoms with E-state index in [9.17, 15) is 9.59 Å². The second-order valence-corrected chi connectivity index (χ2v) is 10.5. The van der Waals surface area contributed by atoms with Crippen molar-refractivity contribution in [3.63, 3.8) is 0 Å². The lowest BCUT2D eigenvalue weighted by Crippen LogP contribution is -2.24. The lowest BCUT2D eigenvalue weighted by Gasteiger charge is -2.15. The zero-order valence-corrected chi connectivity index (χ0v) is 10.9. The minimum Gasteiger partial charge on any atom is -0.449 e. The molecule has 5 heteroatoms. The van der Waals surface area contributed by atoms with Crippen LogP contribution in [0.2, 0.25) is 25.7 Å². The smallest absolute Gasteiger partial charge is 0.418 e. The van der Waals surface area contributed by atoms with Gasteiger partial charge in [0.2, 0.25) is 0 Å². The van der Waals surface area contributed by atoms with Gasteiger partial charge in [0, 0.05) is 14.3 Å². The van der Waals surface area contributed by atoms with Crippen LogP contribution in [-0.2, 0) is 4.74 Å². The first-order valence-corrected chi connectivity index (χ1v) is 8.94. The first-order chi connectivity index (χ1) is 7.44. The average Bonchev–Trinajstić information content (AvgIpc) is 2.63. The summed E-state index contributed by atoms with van der Waals surface area (Å²) in [4.78, 5) is 22.2. The maximum Gasteiger partial charge on any atom is 0.418 e. The van der Waals surface area contributed by atoms with Crippen LogP contribution in [0.15, 0.2) is 18.3 Å². The van der Waals surface area contributed by atoms with E-state index in [1.54, 1.807) is 12.1 Å². The van der Waals surface area contributed by atoms with Gasteiger partial charge in [-0.2, -0.15) is 0 Å². The third-order valence-electron chi connectivity index (χ3n) is 2.18. The van der Waals surface area contributed by atoms with Crippen LogP contribution in [0.5, 0.6) is 0 Å². The summed E-state index contributed by atoms with van der Waals surface area (Å²) in [6.45, 7) is 7.07. The molecule has 0 saturated heterocycles. The summed E-state index contributed by atoms with van der Waals surface area (Å²) in [6.07, 6.45) is 1.69. The third kappa shape index (κ3) is 3.66. The van der Waals surface area contributed by atoms with Crippen molar-refractivity contribution in [2.24, 2.45) is 0 Å². The third-order valence-corrected chi connectivity index (χ3v) is 3.88. The van der Waals surface area contributed by atoms with E-state index in [-0.39, 0.29) is 0 Å². The Balaban J connectivity index is 2.50. The molecule has 1 aromatic rings. The van der Waals surface area contributed by atoms with Crippen molar-refractivity contribution >= 4 is 20.5 Å². The van der Waals surface area contributed by atoms with Crippen molar-refractivity contribution in [1.29, 1.82) is 0 Å². The highest BCUT2D eigenvalue weighted by molar-refractivity contribution is 6.76. The van der Waals surface area contributed by atoms with Crippen molar-refractivity contribution in [3.05, 3.63) is 24.0 Å². The van der Waals surface area contributed by atoms with E-state index in [1.807, 2.05) is 0 Å². The fourth-order valence-electron chi connectivity index (χ4n) is 1.17. The molecule has 0 amide bonds. The van der Waals surface area contributed by atoms with E-state index < -0.39 is 14.2 Å². The Morgan fingerprint density at radius 3 is 2.75 bits per heavy atom. The Morgan fingerprint density at radius 2 is 2.19 bits per heavy atom. The van der Waals surface area contributed by atoms with Gasteiger partial charge in [-0.15, -0.1) is 0 Å². The van der Waals surface area contributed by atoms with E-state index in [4.69, 9.17) is 4.74 Å². The molecule has 0 saturated carbocycles. The van der Waals surface area contributed by atoms with Crippen LogP contribution < -0.4 is 0 Å². The fourth-order valence-corrected chi connectivity index (χ4v) is 1.88. The first-order valence-electron chi connectivity index (χ1n) is 5.24. The molecule has 0 aliphatic rings. The van der Waals surface area contributed by atoms with Gasteiger partial charge in [-0.3, -0.25) is 4.79 Å². The molecule has 0 radical (unpaired) electrons. The molecule has 16 heavy (non-hydrogen) atoms.